The van der Waals surface area contributed by atoms with E-state index in [4.69, 9.17) is 9.94 Å². The second kappa shape index (κ2) is 10.8. The molecule has 0 fully saturated rings. The number of thioether (sulfide) groups is 1. The van der Waals surface area contributed by atoms with E-state index >= 15 is 0 Å². The number of nitrogens with one attached hydrogen (secondary N) is 1. The van der Waals surface area contributed by atoms with Gasteiger partial charge >= 0.3 is 0 Å². The van der Waals surface area contributed by atoms with Crippen molar-refractivity contribution in [3.8, 4) is 5.75 Å². The van der Waals surface area contributed by atoms with Crippen molar-refractivity contribution in [2.45, 2.75) is 42.2 Å². The van der Waals surface area contributed by atoms with E-state index < -0.39 is 0 Å². The van der Waals surface area contributed by atoms with Crippen molar-refractivity contribution in [1.82, 2.24) is 5.48 Å². The Balaban J connectivity index is 1.84. The van der Waals surface area contributed by atoms with Crippen LogP contribution in [0.1, 0.15) is 31.2 Å². The number of methoxy groups -OCH3 is 1. The van der Waals surface area contributed by atoms with Gasteiger partial charge in [-0.1, -0.05) is 36.8 Å². The molecule has 0 aromatic heterocycles. The summed E-state index contributed by atoms with van der Waals surface area (Å²) in [6.07, 6.45) is 4.41. The maximum atomic E-state index is 11.6. The molecule has 1 unspecified atom stereocenters. The SMILES string of the molecule is COc1ccc(SC(CCCCc2ccccc2)CC(=O)NO)cc1. The summed E-state index contributed by atoms with van der Waals surface area (Å²) in [5.41, 5.74) is 3.09. The molecule has 0 bridgehead atoms. The highest BCUT2D eigenvalue weighted by atomic mass is 32.2. The third-order valence-electron chi connectivity index (χ3n) is 3.98. The zero-order valence-electron chi connectivity index (χ0n) is 14.5. The van der Waals surface area contributed by atoms with Gasteiger partial charge in [-0.15, -0.1) is 11.8 Å². The minimum absolute atomic E-state index is 0.135. The van der Waals surface area contributed by atoms with Crippen LogP contribution in [0.4, 0.5) is 0 Å². The Bertz CT molecular complexity index is 631. The first-order chi connectivity index (χ1) is 12.2. The molecule has 25 heavy (non-hydrogen) atoms. The zero-order valence-corrected chi connectivity index (χ0v) is 15.3. The third kappa shape index (κ3) is 7.20. The Kier molecular flexibility index (Phi) is 8.35. The van der Waals surface area contributed by atoms with E-state index in [0.29, 0.717) is 6.42 Å². The number of ether oxygens (including phenoxy) is 1. The van der Waals surface area contributed by atoms with E-state index in [9.17, 15) is 4.79 Å². The van der Waals surface area contributed by atoms with Crippen molar-refractivity contribution in [1.29, 1.82) is 0 Å². The number of hydrogen-bond acceptors (Lipinski definition) is 4. The lowest BCUT2D eigenvalue weighted by atomic mass is 10.1. The normalized spacial score (nSPS) is 11.8. The molecule has 134 valence electrons. The maximum Gasteiger partial charge on any atom is 0.244 e. The quantitative estimate of drug-likeness (QED) is 0.284. The fourth-order valence-electron chi connectivity index (χ4n) is 2.65. The summed E-state index contributed by atoms with van der Waals surface area (Å²) in [6.45, 7) is 0. The van der Waals surface area contributed by atoms with Gasteiger partial charge < -0.3 is 4.74 Å². The lowest BCUT2D eigenvalue weighted by Gasteiger charge is -2.16. The highest BCUT2D eigenvalue weighted by Crippen LogP contribution is 2.30. The van der Waals surface area contributed by atoms with Crippen molar-refractivity contribution < 1.29 is 14.7 Å². The van der Waals surface area contributed by atoms with Crippen molar-refractivity contribution in [3.63, 3.8) is 0 Å². The van der Waals surface area contributed by atoms with E-state index in [1.165, 1.54) is 5.56 Å². The second-order valence-electron chi connectivity index (χ2n) is 5.89. The predicted molar refractivity (Wildman–Crippen MR) is 101 cm³/mol. The molecule has 5 heteroatoms. The molecule has 2 rings (SSSR count). The molecule has 1 amide bonds. The number of hydroxylamine groups is 1. The van der Waals surface area contributed by atoms with Crippen LogP contribution < -0.4 is 10.2 Å². The summed E-state index contributed by atoms with van der Waals surface area (Å²) in [7, 11) is 1.64. The molecule has 0 aliphatic rings. The van der Waals surface area contributed by atoms with Gasteiger partial charge in [0.25, 0.3) is 0 Å². The Morgan fingerprint density at radius 3 is 2.48 bits per heavy atom. The number of carbonyl (C=O) groups excluding carboxylic acids is 1. The van der Waals surface area contributed by atoms with Crippen molar-refractivity contribution in [3.05, 3.63) is 60.2 Å². The van der Waals surface area contributed by atoms with Crippen LogP contribution in [0.15, 0.2) is 59.5 Å². The first-order valence-corrected chi connectivity index (χ1v) is 9.37. The summed E-state index contributed by atoms with van der Waals surface area (Å²) in [4.78, 5) is 12.7. The highest BCUT2D eigenvalue weighted by Gasteiger charge is 2.15. The lowest BCUT2D eigenvalue weighted by Crippen LogP contribution is -2.23. The Labute approximate surface area is 153 Å². The third-order valence-corrected chi connectivity index (χ3v) is 5.26. The molecule has 0 spiro atoms. The van der Waals surface area contributed by atoms with Crippen LogP contribution in [0.2, 0.25) is 0 Å². The minimum atomic E-state index is -0.339. The van der Waals surface area contributed by atoms with Crippen LogP contribution in [0.25, 0.3) is 0 Å². The van der Waals surface area contributed by atoms with Gasteiger partial charge in [0.2, 0.25) is 5.91 Å². The maximum absolute atomic E-state index is 11.6. The fraction of sp³-hybridized carbons (Fsp3) is 0.350. The van der Waals surface area contributed by atoms with Crippen molar-refractivity contribution >= 4 is 17.7 Å². The largest absolute Gasteiger partial charge is 0.497 e. The van der Waals surface area contributed by atoms with Gasteiger partial charge in [-0.05, 0) is 49.1 Å². The van der Waals surface area contributed by atoms with E-state index in [-0.39, 0.29) is 11.2 Å². The monoisotopic (exact) mass is 359 g/mol. The molecule has 4 nitrogen and oxygen atoms in total. The summed E-state index contributed by atoms with van der Waals surface area (Å²) < 4.78 is 5.17. The molecule has 2 aromatic rings. The molecule has 0 saturated heterocycles. The van der Waals surface area contributed by atoms with Crippen molar-refractivity contribution in [2.24, 2.45) is 0 Å². The molecular weight excluding hydrogens is 334 g/mol. The highest BCUT2D eigenvalue weighted by molar-refractivity contribution is 8.00. The smallest absolute Gasteiger partial charge is 0.244 e. The number of aryl methyl sites for hydroxylation is 1. The van der Waals surface area contributed by atoms with Crippen LogP contribution in [0.3, 0.4) is 0 Å². The van der Waals surface area contributed by atoms with Gasteiger partial charge in [0.1, 0.15) is 5.75 Å². The minimum Gasteiger partial charge on any atom is -0.497 e. The molecule has 0 radical (unpaired) electrons. The molecule has 2 N–H and O–H groups in total. The lowest BCUT2D eigenvalue weighted by molar-refractivity contribution is -0.129. The number of carbonyl (C=O) groups is 1. The second-order valence-corrected chi connectivity index (χ2v) is 7.26. The van der Waals surface area contributed by atoms with Gasteiger partial charge in [-0.2, -0.15) is 0 Å². The predicted octanol–water partition coefficient (Wildman–Crippen LogP) is 4.46. The number of amides is 1. The summed E-state index contributed by atoms with van der Waals surface area (Å²) in [5.74, 6) is 0.478. The first kappa shape index (κ1) is 19.3. The van der Waals surface area contributed by atoms with E-state index in [2.05, 4.69) is 24.3 Å². The van der Waals surface area contributed by atoms with Crippen molar-refractivity contribution in [2.75, 3.05) is 7.11 Å². The molecular formula is C20H25NO3S. The Morgan fingerprint density at radius 1 is 1.12 bits per heavy atom. The van der Waals surface area contributed by atoms with Gasteiger partial charge in [0.15, 0.2) is 0 Å². The summed E-state index contributed by atoms with van der Waals surface area (Å²) in [6, 6.07) is 18.3. The molecule has 0 heterocycles. The first-order valence-electron chi connectivity index (χ1n) is 8.49. The van der Waals surface area contributed by atoms with Gasteiger partial charge in [-0.3, -0.25) is 10.0 Å². The Morgan fingerprint density at radius 2 is 1.84 bits per heavy atom. The molecule has 2 aromatic carbocycles. The van der Waals surface area contributed by atoms with Crippen LogP contribution in [-0.4, -0.2) is 23.5 Å². The number of rotatable bonds is 10. The molecule has 0 aliphatic heterocycles. The molecule has 0 saturated carbocycles. The average Bonchev–Trinajstić information content (AvgIpc) is 2.66. The van der Waals surface area contributed by atoms with E-state index in [1.807, 2.05) is 30.3 Å². The zero-order chi connectivity index (χ0) is 17.9. The standard InChI is InChI=1S/C20H25NO3S/c1-24-17-11-13-18(14-12-17)25-19(15-20(22)21-23)10-6-5-9-16-7-3-2-4-8-16/h2-4,7-8,11-14,19,23H,5-6,9-10,15H2,1H3,(H,21,22). The Hall–Kier alpha value is -1.98. The van der Waals surface area contributed by atoms with Crippen LogP contribution in [0, 0.1) is 0 Å². The van der Waals surface area contributed by atoms with Crippen LogP contribution >= 0.6 is 11.8 Å². The molecule has 0 aliphatic carbocycles. The van der Waals surface area contributed by atoms with E-state index in [0.717, 1.165) is 36.3 Å². The fourth-order valence-corrected chi connectivity index (χ4v) is 3.84. The van der Waals surface area contributed by atoms with Gasteiger partial charge in [-0.25, -0.2) is 5.48 Å². The number of unbranched alkanes of at least 4 members (excludes halogenated alkanes) is 1. The average molecular weight is 359 g/mol. The van der Waals surface area contributed by atoms with Gasteiger partial charge in [0, 0.05) is 16.6 Å². The van der Waals surface area contributed by atoms with E-state index in [1.54, 1.807) is 24.4 Å². The number of hydrogen-bond donors (Lipinski definition) is 2. The van der Waals surface area contributed by atoms with Crippen LogP contribution in [-0.2, 0) is 11.2 Å². The summed E-state index contributed by atoms with van der Waals surface area (Å²) >= 11 is 1.67. The van der Waals surface area contributed by atoms with Crippen LogP contribution in [0.5, 0.6) is 5.75 Å². The molecule has 1 atom stereocenters. The summed E-state index contributed by atoms with van der Waals surface area (Å²) in [5, 5.41) is 8.95. The number of benzene rings is 2. The topological polar surface area (TPSA) is 58.6 Å². The van der Waals surface area contributed by atoms with Gasteiger partial charge in [0.05, 0.1) is 7.11 Å².